The minimum absolute atomic E-state index is 0.632. The minimum atomic E-state index is 0.632. The van der Waals surface area contributed by atoms with E-state index in [1.54, 1.807) is 0 Å². The van der Waals surface area contributed by atoms with Crippen LogP contribution in [-0.4, -0.2) is 24.5 Å². The molecule has 1 saturated heterocycles. The molecule has 1 rings (SSSR count). The first-order chi connectivity index (χ1) is 5.61. The summed E-state index contributed by atoms with van der Waals surface area (Å²) >= 11 is 0. The van der Waals surface area contributed by atoms with E-state index in [2.05, 4.69) is 32.7 Å². The van der Waals surface area contributed by atoms with E-state index in [1.165, 1.54) is 32.2 Å². The van der Waals surface area contributed by atoms with E-state index < -0.39 is 0 Å². The lowest BCUT2D eigenvalue weighted by molar-refractivity contribution is 0.0750. The number of hydrogen-bond donors (Lipinski definition) is 0. The lowest BCUT2D eigenvalue weighted by Gasteiger charge is -2.43. The highest BCUT2D eigenvalue weighted by Crippen LogP contribution is 2.37. The normalized spacial score (nSPS) is 38.5. The molecule has 1 aliphatic rings. The fourth-order valence-electron chi connectivity index (χ4n) is 2.23. The van der Waals surface area contributed by atoms with Crippen LogP contribution in [0.15, 0.2) is 0 Å². The Labute approximate surface area is 77.1 Å². The van der Waals surface area contributed by atoms with Crippen LogP contribution in [0.2, 0.25) is 0 Å². The molecular formula is C11H23N. The number of likely N-dealkylation sites (tertiary alicyclic amines) is 1. The molecular weight excluding hydrogens is 146 g/mol. The Bertz CT molecular complexity index is 144. The molecule has 0 spiro atoms. The third-order valence-corrected chi connectivity index (χ3v) is 3.74. The van der Waals surface area contributed by atoms with Crippen LogP contribution < -0.4 is 0 Å². The van der Waals surface area contributed by atoms with Gasteiger partial charge in [-0.05, 0) is 38.3 Å². The van der Waals surface area contributed by atoms with Crippen molar-refractivity contribution in [3.8, 4) is 0 Å². The summed E-state index contributed by atoms with van der Waals surface area (Å²) < 4.78 is 0. The second-order valence-corrected chi connectivity index (χ2v) is 4.66. The average molecular weight is 169 g/mol. The molecule has 0 amide bonds. The number of piperidine rings is 1. The Morgan fingerprint density at radius 3 is 2.58 bits per heavy atom. The maximum Gasteiger partial charge on any atom is 0.00947 e. The maximum atomic E-state index is 2.53. The van der Waals surface area contributed by atoms with Crippen LogP contribution in [0.1, 0.15) is 46.5 Å². The standard InChI is InChI=1S/C11H23N/c1-5-10-9-11(3,6-2)7-8-12(10)4/h10H,5-9H2,1-4H3. The van der Waals surface area contributed by atoms with E-state index in [4.69, 9.17) is 0 Å². The molecule has 2 unspecified atom stereocenters. The van der Waals surface area contributed by atoms with E-state index in [0.717, 1.165) is 6.04 Å². The van der Waals surface area contributed by atoms with Gasteiger partial charge >= 0.3 is 0 Å². The van der Waals surface area contributed by atoms with E-state index >= 15 is 0 Å². The Balaban J connectivity index is 2.55. The molecule has 0 aliphatic carbocycles. The molecule has 0 aromatic rings. The molecule has 0 aromatic carbocycles. The second-order valence-electron chi connectivity index (χ2n) is 4.66. The number of nitrogens with zero attached hydrogens (tertiary/aromatic N) is 1. The van der Waals surface area contributed by atoms with Crippen molar-refractivity contribution in [2.45, 2.75) is 52.5 Å². The zero-order chi connectivity index (χ0) is 9.19. The van der Waals surface area contributed by atoms with E-state index in [9.17, 15) is 0 Å². The minimum Gasteiger partial charge on any atom is -0.303 e. The second kappa shape index (κ2) is 3.78. The van der Waals surface area contributed by atoms with Gasteiger partial charge in [0.1, 0.15) is 0 Å². The maximum absolute atomic E-state index is 2.53. The van der Waals surface area contributed by atoms with Crippen LogP contribution in [-0.2, 0) is 0 Å². The third kappa shape index (κ3) is 2.01. The van der Waals surface area contributed by atoms with E-state index in [-0.39, 0.29) is 0 Å². The Hall–Kier alpha value is -0.0400. The molecule has 1 heterocycles. The molecule has 1 nitrogen and oxygen atoms in total. The van der Waals surface area contributed by atoms with Crippen molar-refractivity contribution in [1.82, 2.24) is 4.90 Å². The monoisotopic (exact) mass is 169 g/mol. The fourth-order valence-corrected chi connectivity index (χ4v) is 2.23. The van der Waals surface area contributed by atoms with Crippen molar-refractivity contribution in [3.63, 3.8) is 0 Å². The predicted molar refractivity (Wildman–Crippen MR) is 54.3 cm³/mol. The van der Waals surface area contributed by atoms with Crippen LogP contribution in [0.5, 0.6) is 0 Å². The molecule has 0 N–H and O–H groups in total. The van der Waals surface area contributed by atoms with Crippen molar-refractivity contribution in [2.75, 3.05) is 13.6 Å². The lowest BCUT2D eigenvalue weighted by Crippen LogP contribution is -2.43. The lowest BCUT2D eigenvalue weighted by atomic mass is 9.75. The van der Waals surface area contributed by atoms with Gasteiger partial charge in [-0.15, -0.1) is 0 Å². The van der Waals surface area contributed by atoms with E-state index in [0.29, 0.717) is 5.41 Å². The topological polar surface area (TPSA) is 3.24 Å². The summed E-state index contributed by atoms with van der Waals surface area (Å²) in [4.78, 5) is 2.53. The molecule has 0 bridgehead atoms. The highest BCUT2D eigenvalue weighted by molar-refractivity contribution is 4.86. The molecule has 1 heteroatoms. The van der Waals surface area contributed by atoms with Gasteiger partial charge in [0.2, 0.25) is 0 Å². The van der Waals surface area contributed by atoms with Gasteiger partial charge in [0.25, 0.3) is 0 Å². The quantitative estimate of drug-likeness (QED) is 0.614. The Kier molecular flexibility index (Phi) is 3.16. The van der Waals surface area contributed by atoms with Gasteiger partial charge < -0.3 is 4.90 Å². The molecule has 0 radical (unpaired) electrons. The summed E-state index contributed by atoms with van der Waals surface area (Å²) in [5.41, 5.74) is 0.632. The molecule has 0 saturated carbocycles. The van der Waals surface area contributed by atoms with Crippen molar-refractivity contribution >= 4 is 0 Å². The molecule has 0 aromatic heterocycles. The van der Waals surface area contributed by atoms with Gasteiger partial charge in [-0.1, -0.05) is 27.2 Å². The van der Waals surface area contributed by atoms with E-state index in [1.807, 2.05) is 0 Å². The molecule has 1 aliphatic heterocycles. The molecule has 2 atom stereocenters. The van der Waals surface area contributed by atoms with Crippen LogP contribution in [0, 0.1) is 5.41 Å². The van der Waals surface area contributed by atoms with Crippen molar-refractivity contribution in [2.24, 2.45) is 5.41 Å². The summed E-state index contributed by atoms with van der Waals surface area (Å²) in [6.07, 6.45) is 5.44. The van der Waals surface area contributed by atoms with Crippen LogP contribution >= 0.6 is 0 Å². The summed E-state index contributed by atoms with van der Waals surface area (Å²) in [7, 11) is 2.27. The highest BCUT2D eigenvalue weighted by Gasteiger charge is 2.32. The van der Waals surface area contributed by atoms with Crippen molar-refractivity contribution < 1.29 is 0 Å². The Morgan fingerprint density at radius 1 is 1.42 bits per heavy atom. The predicted octanol–water partition coefficient (Wildman–Crippen LogP) is 2.91. The van der Waals surface area contributed by atoms with Gasteiger partial charge in [-0.2, -0.15) is 0 Å². The van der Waals surface area contributed by atoms with Crippen molar-refractivity contribution in [3.05, 3.63) is 0 Å². The molecule has 1 fully saturated rings. The first-order valence-electron chi connectivity index (χ1n) is 5.31. The first-order valence-corrected chi connectivity index (χ1v) is 5.31. The zero-order valence-electron chi connectivity index (χ0n) is 9.06. The van der Waals surface area contributed by atoms with Gasteiger partial charge in [0.05, 0.1) is 0 Å². The largest absolute Gasteiger partial charge is 0.303 e. The average Bonchev–Trinajstić information content (AvgIpc) is 2.10. The molecule has 72 valence electrons. The van der Waals surface area contributed by atoms with Crippen LogP contribution in [0.4, 0.5) is 0 Å². The zero-order valence-corrected chi connectivity index (χ0v) is 9.06. The van der Waals surface area contributed by atoms with Crippen molar-refractivity contribution in [1.29, 1.82) is 0 Å². The smallest absolute Gasteiger partial charge is 0.00947 e. The third-order valence-electron chi connectivity index (χ3n) is 3.74. The first kappa shape index (κ1) is 10.0. The highest BCUT2D eigenvalue weighted by atomic mass is 15.1. The Morgan fingerprint density at radius 2 is 2.08 bits per heavy atom. The van der Waals surface area contributed by atoms with Gasteiger partial charge in [0.15, 0.2) is 0 Å². The summed E-state index contributed by atoms with van der Waals surface area (Å²) in [6, 6.07) is 0.837. The van der Waals surface area contributed by atoms with Gasteiger partial charge in [-0.3, -0.25) is 0 Å². The number of rotatable bonds is 2. The van der Waals surface area contributed by atoms with Crippen LogP contribution in [0.3, 0.4) is 0 Å². The fraction of sp³-hybridized carbons (Fsp3) is 1.00. The number of hydrogen-bond acceptors (Lipinski definition) is 1. The van der Waals surface area contributed by atoms with Crippen LogP contribution in [0.25, 0.3) is 0 Å². The van der Waals surface area contributed by atoms with Gasteiger partial charge in [-0.25, -0.2) is 0 Å². The SMILES string of the molecule is CCC1CC(C)(CC)CCN1C. The summed E-state index contributed by atoms with van der Waals surface area (Å²) in [6.45, 7) is 8.38. The van der Waals surface area contributed by atoms with Gasteiger partial charge in [0, 0.05) is 6.04 Å². The summed E-state index contributed by atoms with van der Waals surface area (Å²) in [5, 5.41) is 0. The molecule has 12 heavy (non-hydrogen) atoms. The summed E-state index contributed by atoms with van der Waals surface area (Å²) in [5.74, 6) is 0.